The van der Waals surface area contributed by atoms with Crippen molar-refractivity contribution in [1.29, 1.82) is 0 Å². The van der Waals surface area contributed by atoms with Crippen LogP contribution in [0.3, 0.4) is 0 Å². The molecule has 0 spiro atoms. The molecule has 526 valence electrons. The summed E-state index contributed by atoms with van der Waals surface area (Å²) in [6, 6.07) is 7.82. The van der Waals surface area contributed by atoms with Crippen LogP contribution in [-0.2, 0) is 95.2 Å². The highest BCUT2D eigenvalue weighted by Crippen LogP contribution is 2.34. The van der Waals surface area contributed by atoms with Gasteiger partial charge in [0, 0.05) is 58.1 Å². The summed E-state index contributed by atoms with van der Waals surface area (Å²) >= 11 is 1.35. The second-order valence-corrected chi connectivity index (χ2v) is 21.2. The fourth-order valence-corrected chi connectivity index (χ4v) is 9.98. The first-order valence-electron chi connectivity index (χ1n) is 31.4. The van der Waals surface area contributed by atoms with Crippen LogP contribution in [0.2, 0.25) is 0 Å². The minimum absolute atomic E-state index is 0.0194. The van der Waals surface area contributed by atoms with E-state index in [9.17, 15) is 58.6 Å². The van der Waals surface area contributed by atoms with E-state index in [1.165, 1.54) is 47.7 Å². The van der Waals surface area contributed by atoms with Crippen molar-refractivity contribution in [3.8, 4) is 0 Å². The molecule has 0 radical (unpaired) electrons. The number of ether oxygens (including phenoxy) is 12. The number of nitro groups is 2. The van der Waals surface area contributed by atoms with E-state index < -0.39 is 107 Å². The number of carbonyl (C=O) groups excluding carboxylic acids is 8. The molecule has 95 heavy (non-hydrogen) atoms. The average Bonchev–Trinajstić information content (AvgIpc) is 0.957. The molecule has 6 atom stereocenters. The molecule has 0 aliphatic heterocycles. The summed E-state index contributed by atoms with van der Waals surface area (Å²) in [4.78, 5) is 128. The summed E-state index contributed by atoms with van der Waals surface area (Å²) in [6.45, 7) is 11.4. The van der Waals surface area contributed by atoms with Gasteiger partial charge in [-0.05, 0) is 128 Å². The normalized spacial score (nSPS) is 13.2. The topological polar surface area (TPSA) is 382 Å². The first kappa shape index (κ1) is 81.1. The van der Waals surface area contributed by atoms with E-state index in [2.05, 4.69) is 21.3 Å². The monoisotopic (exact) mass is 1360 g/mol. The summed E-state index contributed by atoms with van der Waals surface area (Å²) in [5, 5.41) is 36.8. The number of nitro benzene ring substituents is 2. The van der Waals surface area contributed by atoms with Crippen LogP contribution in [0.1, 0.15) is 112 Å². The molecule has 1 aromatic heterocycles. The zero-order valence-corrected chi connectivity index (χ0v) is 55.9. The van der Waals surface area contributed by atoms with Crippen LogP contribution in [0.4, 0.5) is 11.4 Å². The summed E-state index contributed by atoms with van der Waals surface area (Å²) < 4.78 is 64.7. The lowest BCUT2D eigenvalue weighted by Gasteiger charge is -2.27. The Hall–Kier alpha value is -8.14. The Bertz CT molecular complexity index is 2780. The van der Waals surface area contributed by atoms with Gasteiger partial charge < -0.3 is 56.8 Å². The van der Waals surface area contributed by atoms with Crippen molar-refractivity contribution < 1.29 is 105 Å². The maximum absolute atomic E-state index is 13.7. The van der Waals surface area contributed by atoms with E-state index in [0.717, 1.165) is 9.75 Å². The van der Waals surface area contributed by atoms with Gasteiger partial charge in [-0.3, -0.25) is 79.9 Å². The molecule has 3 rings (SSSR count). The molecule has 2 aromatic carbocycles. The second kappa shape index (κ2) is 46.9. The molecule has 0 aliphatic rings. The van der Waals surface area contributed by atoms with Gasteiger partial charge in [-0.15, -0.1) is 11.3 Å². The summed E-state index contributed by atoms with van der Waals surface area (Å²) in [7, 11) is 0. The zero-order valence-electron chi connectivity index (χ0n) is 55.0. The highest BCUT2D eigenvalue weighted by molar-refractivity contribution is 7.13. The third kappa shape index (κ3) is 30.4. The highest BCUT2D eigenvalue weighted by atomic mass is 32.1. The highest BCUT2D eigenvalue weighted by Gasteiger charge is 2.38. The molecule has 0 bridgehead atoms. The van der Waals surface area contributed by atoms with Crippen molar-refractivity contribution >= 4 is 94.8 Å². The van der Waals surface area contributed by atoms with Gasteiger partial charge in [0.1, 0.15) is 24.2 Å². The van der Waals surface area contributed by atoms with Crippen LogP contribution in [0.15, 0.2) is 48.5 Å². The molecule has 0 saturated carbocycles. The number of nitrogens with one attached hydrogen (secondary N) is 4. The number of carbonyl (C=O) groups is 8. The largest absolute Gasteiger partial charge is 0.465 e. The maximum Gasteiger partial charge on any atom is 0.323 e. The van der Waals surface area contributed by atoms with Crippen molar-refractivity contribution in [1.82, 2.24) is 21.3 Å². The SMILES string of the molecule is CCOC(=O)CNC(CCOCCOCC(c1cc(/C=C/c2ccc(/C=C/c3ccc([N+](=O)[O-])c(C(COCCOCCC(NCC(=O)OCC)C(=O)OCC)C(NCC(=O)OCC)C(=O)OCC)c3)s2)ccc1[N+](=O)[O-])C(NCC(=O)OCC)C(=O)OCC)C(=O)OCC. The van der Waals surface area contributed by atoms with Gasteiger partial charge in [0.15, 0.2) is 0 Å². The Kier molecular flexibility index (Phi) is 40.0. The maximum atomic E-state index is 13.7. The predicted octanol–water partition coefficient (Wildman–Crippen LogP) is 5.26. The molecule has 1 heterocycles. The van der Waals surface area contributed by atoms with E-state index >= 15 is 0 Å². The summed E-state index contributed by atoms with van der Waals surface area (Å²) in [5.41, 5.74) is 0.381. The molecule has 30 nitrogen and oxygen atoms in total. The lowest BCUT2D eigenvalue weighted by molar-refractivity contribution is -0.386. The first-order chi connectivity index (χ1) is 45.8. The van der Waals surface area contributed by atoms with Gasteiger partial charge in [-0.1, -0.05) is 12.2 Å². The Balaban J connectivity index is 1.96. The van der Waals surface area contributed by atoms with Crippen molar-refractivity contribution in [2.45, 2.75) is 104 Å². The van der Waals surface area contributed by atoms with E-state index in [0.29, 0.717) is 11.1 Å². The van der Waals surface area contributed by atoms with Crippen molar-refractivity contribution in [2.24, 2.45) is 0 Å². The number of hydrogen-bond acceptors (Lipinski definition) is 29. The molecule has 6 unspecified atom stereocenters. The zero-order chi connectivity index (χ0) is 69.9. The quantitative estimate of drug-likeness (QED) is 0.0184. The number of rotatable bonds is 50. The fraction of sp³-hybridized carbons (Fsp3) is 0.562. The average molecular weight is 1360 g/mol. The van der Waals surface area contributed by atoms with E-state index in [1.54, 1.807) is 79.7 Å². The molecule has 0 aliphatic carbocycles. The Morgan fingerprint density at radius 2 is 0.726 bits per heavy atom. The minimum atomic E-state index is -1.36. The first-order valence-corrected chi connectivity index (χ1v) is 32.2. The molecule has 0 saturated heterocycles. The van der Waals surface area contributed by atoms with Gasteiger partial charge in [0.2, 0.25) is 0 Å². The molecule has 3 aromatic rings. The fourth-order valence-electron chi connectivity index (χ4n) is 9.16. The Labute approximate surface area is 555 Å². The van der Waals surface area contributed by atoms with Gasteiger partial charge in [0.05, 0.1) is 129 Å². The standard InChI is InChI=1S/C64H90N6O24S/c1-9-87-55(71)37-65-51(61(75)91-13-5)27-29-83-31-33-85-41-49(59(63(77)93-15-7)67-39-57(73)89-11-3)47-35-43(19-25-53(47)69(79)80)17-21-45-23-24-46(95-45)22-18-44-20-26-54(70(81)82)48(36-44)50(60(64(78)94-16-8)68-40-58(74)90-12-4)42-86-34-32-84-30-28-52(62(76)92-14-6)66-38-56(72)88-10-2/h17-26,35-36,49-52,59-60,65-68H,9-16,27-34,37-42H2,1-8H3/b21-17+,22-18+. The van der Waals surface area contributed by atoms with E-state index in [-0.39, 0.29) is 154 Å². The smallest absolute Gasteiger partial charge is 0.323 e. The third-order valence-electron chi connectivity index (χ3n) is 13.4. The molecule has 31 heteroatoms. The Morgan fingerprint density at radius 1 is 0.411 bits per heavy atom. The van der Waals surface area contributed by atoms with Crippen LogP contribution >= 0.6 is 11.3 Å². The lowest BCUT2D eigenvalue weighted by Crippen LogP contribution is -2.47. The minimum Gasteiger partial charge on any atom is -0.465 e. The molecule has 0 amide bonds. The van der Waals surface area contributed by atoms with Crippen LogP contribution < -0.4 is 21.3 Å². The van der Waals surface area contributed by atoms with Crippen molar-refractivity contribution in [3.05, 3.63) is 101 Å². The van der Waals surface area contributed by atoms with E-state index in [1.807, 2.05) is 12.1 Å². The second-order valence-electron chi connectivity index (χ2n) is 20.0. The number of thiophene rings is 1. The van der Waals surface area contributed by atoms with Crippen LogP contribution in [0.25, 0.3) is 24.3 Å². The summed E-state index contributed by atoms with van der Waals surface area (Å²) in [6.07, 6.45) is 7.19. The number of esters is 8. The van der Waals surface area contributed by atoms with E-state index in [4.69, 9.17) is 56.8 Å². The molecular weight excluding hydrogens is 1270 g/mol. The third-order valence-corrected chi connectivity index (χ3v) is 14.4. The predicted molar refractivity (Wildman–Crippen MR) is 347 cm³/mol. The molecule has 4 N–H and O–H groups in total. The molecule has 0 fully saturated rings. The van der Waals surface area contributed by atoms with Gasteiger partial charge in [-0.25, -0.2) is 0 Å². The summed E-state index contributed by atoms with van der Waals surface area (Å²) in [5.74, 6) is -7.59. The number of benzene rings is 2. The lowest BCUT2D eigenvalue weighted by atomic mass is 9.89. The van der Waals surface area contributed by atoms with Crippen LogP contribution in [-0.4, -0.2) is 214 Å². The number of hydrogen-bond donors (Lipinski definition) is 4. The van der Waals surface area contributed by atoms with Crippen molar-refractivity contribution in [3.63, 3.8) is 0 Å². The van der Waals surface area contributed by atoms with Gasteiger partial charge in [-0.2, -0.15) is 0 Å². The van der Waals surface area contributed by atoms with Crippen LogP contribution in [0, 0.1) is 20.2 Å². The van der Waals surface area contributed by atoms with Gasteiger partial charge >= 0.3 is 47.8 Å². The van der Waals surface area contributed by atoms with Gasteiger partial charge in [0.25, 0.3) is 11.4 Å². The van der Waals surface area contributed by atoms with Crippen LogP contribution in [0.5, 0.6) is 0 Å². The molecular formula is C64H90N6O24S. The Morgan fingerprint density at radius 3 is 1.05 bits per heavy atom. The number of nitrogens with zero attached hydrogens (tertiary/aromatic N) is 2. The van der Waals surface area contributed by atoms with Crippen molar-refractivity contribution in [2.75, 3.05) is 132 Å².